The van der Waals surface area contributed by atoms with Crippen LogP contribution in [0, 0.1) is 6.92 Å². The van der Waals surface area contributed by atoms with Crippen LogP contribution in [0.1, 0.15) is 26.5 Å². The van der Waals surface area contributed by atoms with Crippen molar-refractivity contribution >= 4 is 28.7 Å². The van der Waals surface area contributed by atoms with E-state index < -0.39 is 11.9 Å². The zero-order chi connectivity index (χ0) is 15.7. The first-order valence-electron chi connectivity index (χ1n) is 6.55. The molecule has 0 fully saturated rings. The van der Waals surface area contributed by atoms with E-state index in [4.69, 9.17) is 4.42 Å². The monoisotopic (exact) mass is 296 g/mol. The molecule has 1 aromatic carbocycles. The first-order chi connectivity index (χ1) is 10.6. The Kier molecular flexibility index (Phi) is 3.34. The molecule has 2 N–H and O–H groups in total. The van der Waals surface area contributed by atoms with E-state index in [2.05, 4.69) is 10.3 Å². The number of furan rings is 1. The van der Waals surface area contributed by atoms with Crippen LogP contribution in [0.5, 0.6) is 0 Å². The summed E-state index contributed by atoms with van der Waals surface area (Å²) in [7, 11) is 0. The number of amides is 1. The standard InChI is InChI=1S/C16H12N2O4/c1-9-4-6-10(7-5-9)14(19)18-12-11-3-2-8-17-15(11)22-13(12)16(20)21/h2-8H,1H3,(H,18,19)(H,20,21). The normalized spacial score (nSPS) is 10.6. The van der Waals surface area contributed by atoms with Gasteiger partial charge in [0.15, 0.2) is 0 Å². The number of rotatable bonds is 3. The second-order valence-corrected chi connectivity index (χ2v) is 4.79. The van der Waals surface area contributed by atoms with E-state index >= 15 is 0 Å². The molecule has 0 saturated carbocycles. The Morgan fingerprint density at radius 1 is 1.18 bits per heavy atom. The van der Waals surface area contributed by atoms with Crippen molar-refractivity contribution in [3.63, 3.8) is 0 Å². The molecule has 22 heavy (non-hydrogen) atoms. The van der Waals surface area contributed by atoms with Gasteiger partial charge in [-0.2, -0.15) is 0 Å². The van der Waals surface area contributed by atoms with Crippen molar-refractivity contribution in [3.05, 3.63) is 59.5 Å². The molecule has 110 valence electrons. The number of hydrogen-bond acceptors (Lipinski definition) is 4. The number of carboxylic acids is 1. The molecule has 6 nitrogen and oxygen atoms in total. The lowest BCUT2D eigenvalue weighted by Gasteiger charge is -2.05. The minimum absolute atomic E-state index is 0.112. The highest BCUT2D eigenvalue weighted by atomic mass is 16.4. The lowest BCUT2D eigenvalue weighted by Crippen LogP contribution is -2.13. The summed E-state index contributed by atoms with van der Waals surface area (Å²) in [6, 6.07) is 10.2. The number of nitrogens with one attached hydrogen (secondary N) is 1. The summed E-state index contributed by atoms with van der Waals surface area (Å²) in [6.07, 6.45) is 1.49. The van der Waals surface area contributed by atoms with Crippen LogP contribution in [0.4, 0.5) is 5.69 Å². The largest absolute Gasteiger partial charge is 0.475 e. The van der Waals surface area contributed by atoms with Gasteiger partial charge in [-0.05, 0) is 31.2 Å². The molecule has 0 aliphatic rings. The molecule has 0 bridgehead atoms. The smallest absolute Gasteiger partial charge is 0.374 e. The van der Waals surface area contributed by atoms with Gasteiger partial charge in [-0.25, -0.2) is 9.78 Å². The summed E-state index contributed by atoms with van der Waals surface area (Å²) in [5.74, 6) is -2.01. The number of anilines is 1. The van der Waals surface area contributed by atoms with Crippen LogP contribution in [-0.2, 0) is 0 Å². The molecule has 0 spiro atoms. The fourth-order valence-electron chi connectivity index (χ4n) is 2.10. The summed E-state index contributed by atoms with van der Waals surface area (Å²) < 4.78 is 5.19. The molecule has 3 aromatic rings. The van der Waals surface area contributed by atoms with Crippen molar-refractivity contribution in [2.24, 2.45) is 0 Å². The van der Waals surface area contributed by atoms with Crippen molar-refractivity contribution in [1.29, 1.82) is 0 Å². The van der Waals surface area contributed by atoms with E-state index in [1.54, 1.807) is 24.3 Å². The summed E-state index contributed by atoms with van der Waals surface area (Å²) in [5.41, 5.74) is 1.74. The van der Waals surface area contributed by atoms with E-state index in [-0.39, 0.29) is 17.2 Å². The third-order valence-electron chi connectivity index (χ3n) is 3.21. The summed E-state index contributed by atoms with van der Waals surface area (Å²) in [5, 5.41) is 12.3. The average molecular weight is 296 g/mol. The summed E-state index contributed by atoms with van der Waals surface area (Å²) in [4.78, 5) is 27.5. The van der Waals surface area contributed by atoms with Crippen LogP contribution in [0.2, 0.25) is 0 Å². The van der Waals surface area contributed by atoms with E-state index in [1.807, 2.05) is 19.1 Å². The molecule has 2 heterocycles. The first-order valence-corrected chi connectivity index (χ1v) is 6.55. The molecule has 3 rings (SSSR count). The van der Waals surface area contributed by atoms with E-state index in [0.717, 1.165) is 5.56 Å². The highest BCUT2D eigenvalue weighted by Gasteiger charge is 2.22. The van der Waals surface area contributed by atoms with Gasteiger partial charge in [-0.15, -0.1) is 0 Å². The predicted octanol–water partition coefficient (Wildman–Crippen LogP) is 3.09. The Morgan fingerprint density at radius 2 is 1.91 bits per heavy atom. The second-order valence-electron chi connectivity index (χ2n) is 4.79. The number of carbonyl (C=O) groups excluding carboxylic acids is 1. The fourth-order valence-corrected chi connectivity index (χ4v) is 2.10. The molecule has 0 atom stereocenters. The molecule has 0 aliphatic carbocycles. The number of fused-ring (bicyclic) bond motifs is 1. The quantitative estimate of drug-likeness (QED) is 0.774. The number of pyridine rings is 1. The number of nitrogens with zero attached hydrogens (tertiary/aromatic N) is 1. The number of aromatic carboxylic acids is 1. The van der Waals surface area contributed by atoms with Gasteiger partial charge in [0, 0.05) is 11.8 Å². The van der Waals surface area contributed by atoms with Gasteiger partial charge in [-0.3, -0.25) is 4.79 Å². The maximum Gasteiger partial charge on any atom is 0.374 e. The van der Waals surface area contributed by atoms with Crippen molar-refractivity contribution < 1.29 is 19.1 Å². The molecule has 1 amide bonds. The van der Waals surface area contributed by atoms with Gasteiger partial charge in [0.25, 0.3) is 5.91 Å². The third kappa shape index (κ3) is 2.42. The van der Waals surface area contributed by atoms with Crippen LogP contribution >= 0.6 is 0 Å². The Morgan fingerprint density at radius 3 is 2.59 bits per heavy atom. The van der Waals surface area contributed by atoms with Crippen LogP contribution < -0.4 is 5.32 Å². The third-order valence-corrected chi connectivity index (χ3v) is 3.21. The number of aromatic nitrogens is 1. The van der Waals surface area contributed by atoms with Gasteiger partial charge in [0.1, 0.15) is 5.69 Å². The van der Waals surface area contributed by atoms with Crippen molar-refractivity contribution in [2.45, 2.75) is 6.92 Å². The molecule has 0 unspecified atom stereocenters. The molecule has 6 heteroatoms. The predicted molar refractivity (Wildman–Crippen MR) is 80.1 cm³/mol. The Balaban J connectivity index is 2.02. The second kappa shape index (κ2) is 5.33. The molecular weight excluding hydrogens is 284 g/mol. The number of benzene rings is 1. The van der Waals surface area contributed by atoms with E-state index in [1.165, 1.54) is 6.20 Å². The number of aryl methyl sites for hydroxylation is 1. The minimum Gasteiger partial charge on any atom is -0.475 e. The van der Waals surface area contributed by atoms with Gasteiger partial charge < -0.3 is 14.8 Å². The van der Waals surface area contributed by atoms with Gasteiger partial charge in [0.2, 0.25) is 11.5 Å². The molecule has 2 aromatic heterocycles. The van der Waals surface area contributed by atoms with Crippen LogP contribution in [0.25, 0.3) is 11.1 Å². The van der Waals surface area contributed by atoms with Crippen LogP contribution in [0.15, 0.2) is 47.0 Å². The SMILES string of the molecule is Cc1ccc(C(=O)Nc2c(C(=O)O)oc3ncccc23)cc1. The molecular formula is C16H12N2O4. The molecule has 0 aliphatic heterocycles. The average Bonchev–Trinajstić information content (AvgIpc) is 2.87. The van der Waals surface area contributed by atoms with Gasteiger partial charge >= 0.3 is 5.97 Å². The molecule has 0 radical (unpaired) electrons. The first kappa shape index (κ1) is 13.8. The number of carboxylic acid groups (broad SMARTS) is 1. The maximum atomic E-state index is 12.3. The lowest BCUT2D eigenvalue weighted by molar-refractivity contribution is 0.0666. The lowest BCUT2D eigenvalue weighted by atomic mass is 10.1. The highest BCUT2D eigenvalue weighted by Crippen LogP contribution is 2.29. The Bertz CT molecular complexity index is 865. The zero-order valence-corrected chi connectivity index (χ0v) is 11.7. The fraction of sp³-hybridized carbons (Fsp3) is 0.0625. The molecule has 0 saturated heterocycles. The van der Waals surface area contributed by atoms with E-state index in [0.29, 0.717) is 10.9 Å². The van der Waals surface area contributed by atoms with Crippen LogP contribution in [-0.4, -0.2) is 22.0 Å². The Hall–Kier alpha value is -3.15. The zero-order valence-electron chi connectivity index (χ0n) is 11.7. The van der Waals surface area contributed by atoms with Crippen molar-refractivity contribution in [3.8, 4) is 0 Å². The Labute approximate surface area is 125 Å². The summed E-state index contributed by atoms with van der Waals surface area (Å²) >= 11 is 0. The minimum atomic E-state index is -1.27. The summed E-state index contributed by atoms with van der Waals surface area (Å²) in [6.45, 7) is 1.92. The van der Waals surface area contributed by atoms with Crippen LogP contribution in [0.3, 0.4) is 0 Å². The number of carbonyl (C=O) groups is 2. The number of hydrogen-bond donors (Lipinski definition) is 2. The van der Waals surface area contributed by atoms with E-state index in [9.17, 15) is 14.7 Å². The van der Waals surface area contributed by atoms with Gasteiger partial charge in [-0.1, -0.05) is 17.7 Å². The maximum absolute atomic E-state index is 12.3. The highest BCUT2D eigenvalue weighted by molar-refractivity contribution is 6.12. The van der Waals surface area contributed by atoms with Gasteiger partial charge in [0.05, 0.1) is 5.39 Å². The topological polar surface area (TPSA) is 92.4 Å². The van der Waals surface area contributed by atoms with Crippen molar-refractivity contribution in [1.82, 2.24) is 4.98 Å². The van der Waals surface area contributed by atoms with Crippen molar-refractivity contribution in [2.75, 3.05) is 5.32 Å².